The molecule has 10 heteroatoms. The van der Waals surface area contributed by atoms with Crippen LogP contribution in [0.4, 0.5) is 19.1 Å². The van der Waals surface area contributed by atoms with Gasteiger partial charge in [0.1, 0.15) is 11.3 Å². The lowest BCUT2D eigenvalue weighted by Crippen LogP contribution is -2.35. The average Bonchev–Trinajstić information content (AvgIpc) is 3.02. The van der Waals surface area contributed by atoms with E-state index >= 15 is 0 Å². The van der Waals surface area contributed by atoms with E-state index in [0.717, 1.165) is 37.0 Å². The summed E-state index contributed by atoms with van der Waals surface area (Å²) >= 11 is 2.93. The molecule has 148 valence electrons. The highest BCUT2D eigenvalue weighted by molar-refractivity contribution is 7.96. The Balaban J connectivity index is 1.89. The van der Waals surface area contributed by atoms with Crippen molar-refractivity contribution < 1.29 is 17.9 Å². The van der Waals surface area contributed by atoms with E-state index in [-0.39, 0.29) is 17.7 Å². The molecule has 0 aliphatic carbocycles. The summed E-state index contributed by atoms with van der Waals surface area (Å²) in [5.74, 6) is 0.784. The predicted octanol–water partition coefficient (Wildman–Crippen LogP) is 4.70. The minimum atomic E-state index is -4.53. The number of methoxy groups -OCH3 is 1. The Labute approximate surface area is 164 Å². The summed E-state index contributed by atoms with van der Waals surface area (Å²) < 4.78 is 47.9. The number of hydrogen-bond acceptors (Lipinski definition) is 7. The highest BCUT2D eigenvalue weighted by Crippen LogP contribution is 2.41. The molecule has 2 aromatic rings. The fraction of sp³-hybridized carbons (Fsp3) is 0.529. The van der Waals surface area contributed by atoms with Crippen LogP contribution in [0.2, 0.25) is 0 Å². The molecule has 1 N–H and O–H groups in total. The molecule has 0 unspecified atom stereocenters. The second kappa shape index (κ2) is 8.24. The van der Waals surface area contributed by atoms with Gasteiger partial charge in [0.05, 0.1) is 17.7 Å². The van der Waals surface area contributed by atoms with Crippen molar-refractivity contribution in [2.45, 2.75) is 32.0 Å². The number of hydrogen-bond donors (Lipinski definition) is 1. The molecule has 1 aliphatic heterocycles. The predicted molar refractivity (Wildman–Crippen MR) is 103 cm³/mol. The lowest BCUT2D eigenvalue weighted by molar-refractivity contribution is -0.137. The van der Waals surface area contributed by atoms with Crippen LogP contribution < -0.4 is 10.1 Å². The molecule has 0 amide bonds. The monoisotopic (exact) mass is 418 g/mol. The SMILES string of the molecule is COc1cc(-c2nc(NC3CCN(SC)CC3)ncc2C(F)(F)F)sc1C. The van der Waals surface area contributed by atoms with Crippen LogP contribution in [-0.4, -0.2) is 46.8 Å². The second-order valence-electron chi connectivity index (χ2n) is 6.22. The summed E-state index contributed by atoms with van der Waals surface area (Å²) in [5.41, 5.74) is -0.952. The topological polar surface area (TPSA) is 50.3 Å². The molecular formula is C17H21F3N4OS2. The Hall–Kier alpha value is -1.52. The number of anilines is 1. The molecule has 0 bridgehead atoms. The molecule has 0 saturated carbocycles. The maximum Gasteiger partial charge on any atom is 0.420 e. The van der Waals surface area contributed by atoms with Crippen molar-refractivity contribution in [3.8, 4) is 16.3 Å². The minimum Gasteiger partial charge on any atom is -0.496 e. The summed E-state index contributed by atoms with van der Waals surface area (Å²) in [7, 11) is 1.50. The maximum atomic E-state index is 13.5. The molecule has 1 saturated heterocycles. The Kier molecular flexibility index (Phi) is 6.17. The van der Waals surface area contributed by atoms with Crippen LogP contribution in [-0.2, 0) is 6.18 Å². The number of aryl methyl sites for hydroxylation is 1. The van der Waals surface area contributed by atoms with Gasteiger partial charge in [0.2, 0.25) is 5.95 Å². The second-order valence-corrected chi connectivity index (χ2v) is 8.36. The standard InChI is InChI=1S/C17H21F3N4OS2/c1-10-13(25-2)8-14(27-10)15-12(17(18,19)20)9-21-16(23-15)22-11-4-6-24(26-3)7-5-11/h8-9,11H,4-7H2,1-3H3,(H,21,22,23). The molecule has 1 fully saturated rings. The number of ether oxygens (including phenoxy) is 1. The molecule has 3 rings (SSSR count). The van der Waals surface area contributed by atoms with Gasteiger partial charge < -0.3 is 10.1 Å². The molecule has 3 heterocycles. The van der Waals surface area contributed by atoms with Crippen molar-refractivity contribution >= 4 is 29.2 Å². The number of thiophene rings is 1. The Morgan fingerprint density at radius 2 is 2.04 bits per heavy atom. The highest BCUT2D eigenvalue weighted by atomic mass is 32.2. The van der Waals surface area contributed by atoms with Crippen LogP contribution in [0.25, 0.3) is 10.6 Å². The summed E-state index contributed by atoms with van der Waals surface area (Å²) in [6, 6.07) is 1.75. The minimum absolute atomic E-state index is 0.113. The summed E-state index contributed by atoms with van der Waals surface area (Å²) in [4.78, 5) is 9.37. The van der Waals surface area contributed by atoms with Crippen molar-refractivity contribution in [1.29, 1.82) is 0 Å². The van der Waals surface area contributed by atoms with Crippen LogP contribution in [0.15, 0.2) is 12.3 Å². The molecule has 2 aromatic heterocycles. The van der Waals surface area contributed by atoms with Gasteiger partial charge >= 0.3 is 6.18 Å². The van der Waals surface area contributed by atoms with Gasteiger partial charge in [-0.15, -0.1) is 11.3 Å². The summed E-state index contributed by atoms with van der Waals surface area (Å²) in [6.07, 6.45) is 0.168. The number of halogens is 3. The Morgan fingerprint density at radius 1 is 1.33 bits per heavy atom. The summed E-state index contributed by atoms with van der Waals surface area (Å²) in [6.45, 7) is 3.65. The Bertz CT molecular complexity index is 789. The number of nitrogens with zero attached hydrogens (tertiary/aromatic N) is 3. The lowest BCUT2D eigenvalue weighted by Gasteiger charge is -2.30. The van der Waals surface area contributed by atoms with Crippen molar-refractivity contribution in [2.24, 2.45) is 0 Å². The van der Waals surface area contributed by atoms with Gasteiger partial charge in [-0.2, -0.15) is 13.2 Å². The van der Waals surface area contributed by atoms with Gasteiger partial charge in [0.25, 0.3) is 0 Å². The van der Waals surface area contributed by atoms with E-state index in [1.807, 2.05) is 6.26 Å². The normalized spacial score (nSPS) is 16.5. The third-order valence-corrected chi connectivity index (χ3v) is 6.39. The fourth-order valence-corrected chi connectivity index (χ4v) is 4.56. The van der Waals surface area contributed by atoms with Crippen molar-refractivity contribution in [2.75, 3.05) is 31.8 Å². The maximum absolute atomic E-state index is 13.5. The number of alkyl halides is 3. The van der Waals surface area contributed by atoms with Crippen molar-refractivity contribution in [3.63, 3.8) is 0 Å². The molecule has 0 radical (unpaired) electrons. The van der Waals surface area contributed by atoms with Gasteiger partial charge in [-0.3, -0.25) is 4.31 Å². The number of aromatic nitrogens is 2. The molecule has 5 nitrogen and oxygen atoms in total. The largest absolute Gasteiger partial charge is 0.496 e. The first kappa shape index (κ1) is 20.2. The van der Waals surface area contributed by atoms with Gasteiger partial charge in [0, 0.05) is 36.3 Å². The van der Waals surface area contributed by atoms with Crippen LogP contribution in [0.1, 0.15) is 23.3 Å². The average molecular weight is 419 g/mol. The van der Waals surface area contributed by atoms with E-state index in [9.17, 15) is 13.2 Å². The van der Waals surface area contributed by atoms with Crippen LogP contribution >= 0.6 is 23.3 Å². The first-order valence-corrected chi connectivity index (χ1v) is 10.5. The van der Waals surface area contributed by atoms with Crippen LogP contribution in [0.5, 0.6) is 5.75 Å². The van der Waals surface area contributed by atoms with Gasteiger partial charge in [0.15, 0.2) is 0 Å². The Morgan fingerprint density at radius 3 is 2.59 bits per heavy atom. The van der Waals surface area contributed by atoms with Crippen LogP contribution in [0, 0.1) is 6.92 Å². The van der Waals surface area contributed by atoms with E-state index in [4.69, 9.17) is 4.74 Å². The molecule has 0 atom stereocenters. The molecule has 0 aromatic carbocycles. The zero-order valence-corrected chi connectivity index (χ0v) is 16.9. The van der Waals surface area contributed by atoms with Gasteiger partial charge in [-0.25, -0.2) is 9.97 Å². The molecular weight excluding hydrogens is 397 g/mol. The van der Waals surface area contributed by atoms with E-state index in [1.54, 1.807) is 24.9 Å². The fourth-order valence-electron chi connectivity index (χ4n) is 3.00. The first-order valence-electron chi connectivity index (χ1n) is 8.46. The lowest BCUT2D eigenvalue weighted by atomic mass is 10.1. The molecule has 0 spiro atoms. The first-order chi connectivity index (χ1) is 12.8. The zero-order valence-electron chi connectivity index (χ0n) is 15.3. The number of piperidine rings is 1. The summed E-state index contributed by atoms with van der Waals surface area (Å²) in [5, 5.41) is 3.20. The third kappa shape index (κ3) is 4.67. The van der Waals surface area contributed by atoms with E-state index in [1.165, 1.54) is 18.4 Å². The van der Waals surface area contributed by atoms with Gasteiger partial charge in [-0.1, -0.05) is 11.9 Å². The van der Waals surface area contributed by atoms with E-state index < -0.39 is 11.7 Å². The van der Waals surface area contributed by atoms with E-state index in [2.05, 4.69) is 19.6 Å². The smallest absolute Gasteiger partial charge is 0.420 e. The zero-order chi connectivity index (χ0) is 19.6. The number of nitrogens with one attached hydrogen (secondary N) is 1. The van der Waals surface area contributed by atoms with Crippen molar-refractivity contribution in [3.05, 3.63) is 22.7 Å². The van der Waals surface area contributed by atoms with Crippen LogP contribution in [0.3, 0.4) is 0 Å². The van der Waals surface area contributed by atoms with E-state index in [0.29, 0.717) is 10.6 Å². The number of rotatable bonds is 5. The molecule has 1 aliphatic rings. The highest BCUT2D eigenvalue weighted by Gasteiger charge is 2.36. The van der Waals surface area contributed by atoms with Crippen molar-refractivity contribution in [1.82, 2.24) is 14.3 Å². The third-order valence-electron chi connectivity index (χ3n) is 4.47. The van der Waals surface area contributed by atoms with Gasteiger partial charge in [-0.05, 0) is 26.0 Å². The quantitative estimate of drug-likeness (QED) is 0.711. The molecule has 27 heavy (non-hydrogen) atoms.